The van der Waals surface area contributed by atoms with Crippen molar-refractivity contribution in [3.8, 4) is 0 Å². The van der Waals surface area contributed by atoms with Crippen LogP contribution in [0.4, 0.5) is 5.69 Å². The van der Waals surface area contributed by atoms with Crippen LogP contribution in [-0.2, 0) is 13.5 Å². The van der Waals surface area contributed by atoms with Crippen LogP contribution < -0.4 is 5.32 Å². The number of hydrogen-bond donors (Lipinski definition) is 1. The number of hydrogen-bond acceptors (Lipinski definition) is 2. The maximum Gasteiger partial charge on any atom is 0.0492 e. The molecule has 0 saturated carbocycles. The van der Waals surface area contributed by atoms with Crippen LogP contribution in [0.5, 0.6) is 0 Å². The van der Waals surface area contributed by atoms with Crippen molar-refractivity contribution in [1.29, 1.82) is 0 Å². The molecule has 0 saturated heterocycles. The standard InChI is InChI=1S/C12H13ClIN3/c1-17-10(5-7-16-17)4-6-15-12-3-2-9(13)8-11(12)14/h2-3,5,7-8,15H,4,6H2,1H3. The molecule has 17 heavy (non-hydrogen) atoms. The van der Waals surface area contributed by atoms with E-state index in [1.165, 1.54) is 5.69 Å². The zero-order chi connectivity index (χ0) is 12.3. The topological polar surface area (TPSA) is 29.9 Å². The second kappa shape index (κ2) is 5.73. The van der Waals surface area contributed by atoms with Gasteiger partial charge in [0.1, 0.15) is 0 Å². The second-order valence-electron chi connectivity index (χ2n) is 3.75. The third-order valence-corrected chi connectivity index (χ3v) is 3.68. The molecule has 0 bridgehead atoms. The van der Waals surface area contributed by atoms with Crippen LogP contribution in [0.3, 0.4) is 0 Å². The number of aryl methyl sites for hydroxylation is 1. The molecule has 0 aliphatic rings. The lowest BCUT2D eigenvalue weighted by molar-refractivity contribution is 0.711. The molecule has 0 unspecified atom stereocenters. The summed E-state index contributed by atoms with van der Waals surface area (Å²) in [5.41, 5.74) is 2.35. The van der Waals surface area contributed by atoms with Gasteiger partial charge < -0.3 is 5.32 Å². The zero-order valence-corrected chi connectivity index (χ0v) is 12.4. The van der Waals surface area contributed by atoms with Crippen molar-refractivity contribution in [3.63, 3.8) is 0 Å². The maximum absolute atomic E-state index is 5.91. The summed E-state index contributed by atoms with van der Waals surface area (Å²) in [6, 6.07) is 7.90. The van der Waals surface area contributed by atoms with Crippen LogP contribution in [0.25, 0.3) is 0 Å². The Labute approximate surface area is 119 Å². The first-order valence-electron chi connectivity index (χ1n) is 5.32. The monoisotopic (exact) mass is 361 g/mol. The summed E-state index contributed by atoms with van der Waals surface area (Å²) < 4.78 is 3.04. The summed E-state index contributed by atoms with van der Waals surface area (Å²) in [5, 5.41) is 8.31. The molecule has 0 amide bonds. The highest BCUT2D eigenvalue weighted by Gasteiger charge is 2.01. The Kier molecular flexibility index (Phi) is 4.28. The largest absolute Gasteiger partial charge is 0.384 e. The molecular weight excluding hydrogens is 349 g/mol. The van der Waals surface area contributed by atoms with Gasteiger partial charge in [-0.2, -0.15) is 5.10 Å². The summed E-state index contributed by atoms with van der Waals surface area (Å²) >= 11 is 8.19. The summed E-state index contributed by atoms with van der Waals surface area (Å²) in [6.45, 7) is 0.886. The molecular formula is C12H13ClIN3. The zero-order valence-electron chi connectivity index (χ0n) is 9.45. The normalized spacial score (nSPS) is 10.5. The SMILES string of the molecule is Cn1nccc1CCNc1ccc(Cl)cc1I. The summed E-state index contributed by atoms with van der Waals surface area (Å²) in [7, 11) is 1.96. The lowest BCUT2D eigenvalue weighted by atomic mass is 10.3. The highest BCUT2D eigenvalue weighted by Crippen LogP contribution is 2.22. The van der Waals surface area contributed by atoms with E-state index in [4.69, 9.17) is 11.6 Å². The van der Waals surface area contributed by atoms with E-state index in [0.717, 1.165) is 27.2 Å². The van der Waals surface area contributed by atoms with Gasteiger partial charge in [0.25, 0.3) is 0 Å². The van der Waals surface area contributed by atoms with E-state index in [9.17, 15) is 0 Å². The fraction of sp³-hybridized carbons (Fsp3) is 0.250. The van der Waals surface area contributed by atoms with Crippen LogP contribution in [0.2, 0.25) is 5.02 Å². The van der Waals surface area contributed by atoms with Crippen molar-refractivity contribution in [2.45, 2.75) is 6.42 Å². The lowest BCUT2D eigenvalue weighted by Gasteiger charge is -2.09. The maximum atomic E-state index is 5.91. The van der Waals surface area contributed by atoms with Gasteiger partial charge in [0.15, 0.2) is 0 Å². The highest BCUT2D eigenvalue weighted by atomic mass is 127. The lowest BCUT2D eigenvalue weighted by Crippen LogP contribution is -2.09. The van der Waals surface area contributed by atoms with Crippen LogP contribution in [0, 0.1) is 3.57 Å². The van der Waals surface area contributed by atoms with Crippen LogP contribution in [0.15, 0.2) is 30.5 Å². The molecule has 3 nitrogen and oxygen atoms in total. The Morgan fingerprint density at radius 1 is 1.41 bits per heavy atom. The minimum atomic E-state index is 0.770. The molecule has 1 heterocycles. The molecule has 0 spiro atoms. The Hall–Kier alpha value is -0.750. The van der Waals surface area contributed by atoms with Crippen molar-refractivity contribution in [2.24, 2.45) is 7.05 Å². The van der Waals surface area contributed by atoms with E-state index < -0.39 is 0 Å². The predicted octanol–water partition coefficient (Wildman–Crippen LogP) is 3.33. The third kappa shape index (κ3) is 3.35. The van der Waals surface area contributed by atoms with Crippen LogP contribution >= 0.6 is 34.2 Å². The second-order valence-corrected chi connectivity index (χ2v) is 5.35. The number of benzene rings is 1. The Bertz CT molecular complexity index is 510. The number of halogens is 2. The van der Waals surface area contributed by atoms with Gasteiger partial charge in [0.2, 0.25) is 0 Å². The molecule has 0 atom stereocenters. The molecule has 2 aromatic rings. The van der Waals surface area contributed by atoms with Crippen molar-refractivity contribution < 1.29 is 0 Å². The number of anilines is 1. The van der Waals surface area contributed by atoms with Crippen molar-refractivity contribution in [3.05, 3.63) is 44.7 Å². The molecule has 0 aliphatic carbocycles. The quantitative estimate of drug-likeness (QED) is 0.847. The van der Waals surface area contributed by atoms with E-state index in [0.29, 0.717) is 0 Å². The minimum absolute atomic E-state index is 0.770. The van der Waals surface area contributed by atoms with Gasteiger partial charge in [-0.15, -0.1) is 0 Å². The first-order valence-corrected chi connectivity index (χ1v) is 6.78. The Morgan fingerprint density at radius 2 is 2.24 bits per heavy atom. The van der Waals surface area contributed by atoms with Crippen molar-refractivity contribution in [2.75, 3.05) is 11.9 Å². The molecule has 0 fully saturated rings. The van der Waals surface area contributed by atoms with Gasteiger partial charge in [-0.1, -0.05) is 11.6 Å². The van der Waals surface area contributed by atoms with Gasteiger partial charge in [-0.05, 0) is 46.9 Å². The molecule has 1 aromatic carbocycles. The smallest absolute Gasteiger partial charge is 0.0492 e. The number of nitrogens with zero attached hydrogens (tertiary/aromatic N) is 2. The number of aromatic nitrogens is 2. The van der Waals surface area contributed by atoms with Gasteiger partial charge in [0.05, 0.1) is 0 Å². The van der Waals surface area contributed by atoms with E-state index in [1.807, 2.05) is 42.2 Å². The van der Waals surface area contributed by atoms with Gasteiger partial charge in [-0.3, -0.25) is 4.68 Å². The summed E-state index contributed by atoms with van der Waals surface area (Å²) in [4.78, 5) is 0. The fourth-order valence-corrected chi connectivity index (χ4v) is 2.67. The first-order chi connectivity index (χ1) is 8.16. The average Bonchev–Trinajstić information content (AvgIpc) is 2.68. The molecule has 90 valence electrons. The van der Waals surface area contributed by atoms with Crippen molar-refractivity contribution in [1.82, 2.24) is 9.78 Å². The molecule has 0 radical (unpaired) electrons. The van der Waals surface area contributed by atoms with E-state index in [-0.39, 0.29) is 0 Å². The van der Waals surface area contributed by atoms with E-state index in [2.05, 4.69) is 33.0 Å². The fourth-order valence-electron chi connectivity index (χ4n) is 1.60. The van der Waals surface area contributed by atoms with Crippen LogP contribution in [-0.4, -0.2) is 16.3 Å². The highest BCUT2D eigenvalue weighted by molar-refractivity contribution is 14.1. The van der Waals surface area contributed by atoms with E-state index in [1.54, 1.807) is 0 Å². The molecule has 2 rings (SSSR count). The first kappa shape index (κ1) is 12.7. The molecule has 1 N–H and O–H groups in total. The van der Waals surface area contributed by atoms with Gasteiger partial charge in [-0.25, -0.2) is 0 Å². The summed E-state index contributed by atoms with van der Waals surface area (Å²) in [6.07, 6.45) is 2.77. The number of nitrogens with one attached hydrogen (secondary N) is 1. The van der Waals surface area contributed by atoms with Gasteiger partial charge in [0, 0.05) is 46.2 Å². The van der Waals surface area contributed by atoms with Crippen LogP contribution in [0.1, 0.15) is 5.69 Å². The van der Waals surface area contributed by atoms with E-state index >= 15 is 0 Å². The molecule has 0 aliphatic heterocycles. The number of rotatable bonds is 4. The van der Waals surface area contributed by atoms with Gasteiger partial charge >= 0.3 is 0 Å². The van der Waals surface area contributed by atoms with Crippen molar-refractivity contribution >= 4 is 39.9 Å². The molecule has 5 heteroatoms. The third-order valence-electron chi connectivity index (χ3n) is 2.55. The Balaban J connectivity index is 1.92. The summed E-state index contributed by atoms with van der Waals surface area (Å²) in [5.74, 6) is 0. The molecule has 1 aromatic heterocycles. The Morgan fingerprint density at radius 3 is 2.88 bits per heavy atom. The average molecular weight is 362 g/mol. The minimum Gasteiger partial charge on any atom is -0.384 e. The predicted molar refractivity (Wildman–Crippen MR) is 79.6 cm³/mol.